The molecule has 2 aromatic carbocycles. The average molecular weight is 534 g/mol. The summed E-state index contributed by atoms with van der Waals surface area (Å²) in [5, 5.41) is 2.11. The van der Waals surface area contributed by atoms with Crippen LogP contribution < -0.4 is 19.7 Å². The summed E-state index contributed by atoms with van der Waals surface area (Å²) in [4.78, 5) is 40.9. The smallest absolute Gasteiger partial charge is 0.387 e. The van der Waals surface area contributed by atoms with Crippen LogP contribution in [0.4, 0.5) is 25.0 Å². The summed E-state index contributed by atoms with van der Waals surface area (Å²) >= 11 is 0.687. The molecule has 2 aliphatic heterocycles. The summed E-state index contributed by atoms with van der Waals surface area (Å²) in [6.45, 7) is 1.35. The number of imide groups is 1. The van der Waals surface area contributed by atoms with Crippen LogP contribution in [-0.2, 0) is 14.3 Å². The number of hydrogen-bond donors (Lipinski definition) is 1. The van der Waals surface area contributed by atoms with Gasteiger partial charge in [0.1, 0.15) is 6.54 Å². The molecule has 4 rings (SSSR count). The predicted molar refractivity (Wildman–Crippen MR) is 135 cm³/mol. The molecule has 12 heteroatoms. The predicted octanol–water partition coefficient (Wildman–Crippen LogP) is 4.20. The molecule has 2 aliphatic rings. The fourth-order valence-electron chi connectivity index (χ4n) is 3.79. The Balaban J connectivity index is 1.39. The minimum Gasteiger partial charge on any atom is -0.490 e. The van der Waals surface area contributed by atoms with E-state index in [1.807, 2.05) is 12.1 Å². The molecule has 0 bridgehead atoms. The number of halogens is 2. The Bertz CT molecular complexity index is 1190. The molecule has 196 valence electrons. The van der Waals surface area contributed by atoms with Crippen LogP contribution in [0.3, 0.4) is 0 Å². The second kappa shape index (κ2) is 12.1. The topological polar surface area (TPSA) is 97.4 Å². The maximum absolute atomic E-state index is 12.8. The third kappa shape index (κ3) is 6.77. The van der Waals surface area contributed by atoms with Crippen LogP contribution in [0.5, 0.6) is 11.5 Å². The number of benzene rings is 2. The maximum atomic E-state index is 12.8. The normalized spacial score (nSPS) is 17.0. The first-order valence-electron chi connectivity index (χ1n) is 11.5. The molecule has 37 heavy (non-hydrogen) atoms. The molecule has 3 amide bonds. The number of thioether (sulfide) groups is 1. The van der Waals surface area contributed by atoms with Gasteiger partial charge in [0.25, 0.3) is 11.1 Å². The van der Waals surface area contributed by atoms with Gasteiger partial charge in [-0.25, -0.2) is 0 Å². The molecule has 0 unspecified atom stereocenters. The van der Waals surface area contributed by atoms with Crippen LogP contribution in [0.1, 0.15) is 12.5 Å². The number of alkyl halides is 2. The Kier molecular flexibility index (Phi) is 8.62. The molecular weight excluding hydrogens is 508 g/mol. The zero-order valence-electron chi connectivity index (χ0n) is 19.9. The van der Waals surface area contributed by atoms with Gasteiger partial charge in [0, 0.05) is 24.5 Å². The van der Waals surface area contributed by atoms with E-state index >= 15 is 0 Å². The van der Waals surface area contributed by atoms with Crippen molar-refractivity contribution >= 4 is 46.3 Å². The Hall–Kier alpha value is -3.64. The van der Waals surface area contributed by atoms with E-state index in [1.54, 1.807) is 19.1 Å². The minimum atomic E-state index is -3.02. The second-order valence-corrected chi connectivity index (χ2v) is 8.97. The number of morpholine rings is 1. The lowest BCUT2D eigenvalue weighted by molar-refractivity contribution is -0.127. The number of ether oxygens (including phenoxy) is 3. The first-order valence-corrected chi connectivity index (χ1v) is 12.4. The van der Waals surface area contributed by atoms with Crippen molar-refractivity contribution in [2.24, 2.45) is 0 Å². The van der Waals surface area contributed by atoms with Crippen molar-refractivity contribution in [1.29, 1.82) is 0 Å². The van der Waals surface area contributed by atoms with Crippen LogP contribution in [0, 0.1) is 0 Å². The number of rotatable bonds is 9. The highest BCUT2D eigenvalue weighted by Gasteiger charge is 2.36. The van der Waals surface area contributed by atoms with Crippen LogP contribution in [0.15, 0.2) is 47.4 Å². The van der Waals surface area contributed by atoms with Crippen LogP contribution >= 0.6 is 11.8 Å². The van der Waals surface area contributed by atoms with Crippen molar-refractivity contribution in [2.75, 3.05) is 49.7 Å². The van der Waals surface area contributed by atoms with Crippen molar-refractivity contribution in [3.05, 3.63) is 52.9 Å². The fourth-order valence-corrected chi connectivity index (χ4v) is 4.62. The van der Waals surface area contributed by atoms with E-state index in [2.05, 4.69) is 15.0 Å². The lowest BCUT2D eigenvalue weighted by Gasteiger charge is -2.28. The average Bonchev–Trinajstić information content (AvgIpc) is 3.13. The molecule has 9 nitrogen and oxygen atoms in total. The van der Waals surface area contributed by atoms with Crippen molar-refractivity contribution < 1.29 is 37.4 Å². The summed E-state index contributed by atoms with van der Waals surface area (Å²) < 4.78 is 40.4. The van der Waals surface area contributed by atoms with Gasteiger partial charge in [-0.2, -0.15) is 8.78 Å². The third-order valence-electron chi connectivity index (χ3n) is 5.48. The van der Waals surface area contributed by atoms with E-state index in [1.165, 1.54) is 24.3 Å². The van der Waals surface area contributed by atoms with E-state index in [4.69, 9.17) is 9.47 Å². The SMILES string of the molecule is CCOc1cc(/C=C2\SC(=O)N(CC(=O)Nc3ccc(N4CCOCC4)cc3)C2=O)ccc1OC(F)F. The van der Waals surface area contributed by atoms with Gasteiger partial charge < -0.3 is 24.4 Å². The lowest BCUT2D eigenvalue weighted by Crippen LogP contribution is -2.36. The molecule has 0 radical (unpaired) electrons. The molecule has 1 N–H and O–H groups in total. The van der Waals surface area contributed by atoms with Crippen LogP contribution in [0.25, 0.3) is 6.08 Å². The van der Waals surface area contributed by atoms with Crippen LogP contribution in [0.2, 0.25) is 0 Å². The summed E-state index contributed by atoms with van der Waals surface area (Å²) in [6, 6.07) is 11.5. The van der Waals surface area contributed by atoms with Gasteiger partial charge in [0.05, 0.1) is 24.7 Å². The third-order valence-corrected chi connectivity index (χ3v) is 6.39. The molecule has 2 saturated heterocycles. The highest BCUT2D eigenvalue weighted by molar-refractivity contribution is 8.18. The van der Waals surface area contributed by atoms with Gasteiger partial charge in [-0.15, -0.1) is 0 Å². The van der Waals surface area contributed by atoms with Gasteiger partial charge in [0.2, 0.25) is 5.91 Å². The number of carbonyl (C=O) groups is 3. The molecule has 2 heterocycles. The number of amides is 3. The molecule has 2 fully saturated rings. The van der Waals surface area contributed by atoms with Gasteiger partial charge in [0.15, 0.2) is 11.5 Å². The summed E-state index contributed by atoms with van der Waals surface area (Å²) in [5.41, 5.74) is 2.00. The lowest BCUT2D eigenvalue weighted by atomic mass is 10.2. The van der Waals surface area contributed by atoms with Crippen molar-refractivity contribution in [2.45, 2.75) is 13.5 Å². The second-order valence-electron chi connectivity index (χ2n) is 7.98. The Morgan fingerprint density at radius 2 is 1.86 bits per heavy atom. The van der Waals surface area contributed by atoms with E-state index in [-0.39, 0.29) is 23.0 Å². The number of nitrogens with zero attached hydrogens (tertiary/aromatic N) is 2. The first-order chi connectivity index (χ1) is 17.8. The Morgan fingerprint density at radius 3 is 2.54 bits per heavy atom. The number of hydrogen-bond acceptors (Lipinski definition) is 8. The summed E-state index contributed by atoms with van der Waals surface area (Å²) in [6.07, 6.45) is 1.43. The van der Waals surface area contributed by atoms with E-state index < -0.39 is 30.2 Å². The molecule has 0 aliphatic carbocycles. The molecule has 2 aromatic rings. The highest BCUT2D eigenvalue weighted by Crippen LogP contribution is 2.35. The number of carbonyl (C=O) groups excluding carboxylic acids is 3. The zero-order chi connectivity index (χ0) is 26.4. The van der Waals surface area contributed by atoms with Crippen molar-refractivity contribution in [1.82, 2.24) is 4.90 Å². The van der Waals surface area contributed by atoms with E-state index in [9.17, 15) is 23.2 Å². The minimum absolute atomic E-state index is 0.0785. The van der Waals surface area contributed by atoms with Crippen molar-refractivity contribution in [3.63, 3.8) is 0 Å². The van der Waals surface area contributed by atoms with Gasteiger partial charge in [-0.3, -0.25) is 19.3 Å². The first kappa shape index (κ1) is 26.4. The molecule has 0 saturated carbocycles. The van der Waals surface area contributed by atoms with Gasteiger partial charge in [-0.1, -0.05) is 6.07 Å². The quantitative estimate of drug-likeness (QED) is 0.479. The van der Waals surface area contributed by atoms with Crippen molar-refractivity contribution in [3.8, 4) is 11.5 Å². The zero-order valence-corrected chi connectivity index (χ0v) is 20.8. The number of anilines is 2. The molecule has 0 aromatic heterocycles. The number of nitrogens with one attached hydrogen (secondary N) is 1. The van der Waals surface area contributed by atoms with Gasteiger partial charge in [-0.05, 0) is 66.7 Å². The summed E-state index contributed by atoms with van der Waals surface area (Å²) in [5.74, 6) is -1.21. The van der Waals surface area contributed by atoms with Gasteiger partial charge >= 0.3 is 6.61 Å². The summed E-state index contributed by atoms with van der Waals surface area (Å²) in [7, 11) is 0. The Morgan fingerprint density at radius 1 is 1.14 bits per heavy atom. The standard InChI is InChI=1S/C25H25F2N3O6S/c1-2-35-20-13-16(3-8-19(20)36-24(26)27)14-21-23(32)30(25(33)37-21)15-22(31)28-17-4-6-18(7-5-17)29-9-11-34-12-10-29/h3-8,13-14,24H,2,9-12,15H2,1H3,(H,28,31)/b21-14-. The highest BCUT2D eigenvalue weighted by atomic mass is 32.2. The Labute approximate surface area is 216 Å². The van der Waals surface area contributed by atoms with E-state index in [0.29, 0.717) is 36.2 Å². The van der Waals surface area contributed by atoms with E-state index in [0.717, 1.165) is 23.7 Å². The molecular formula is C25H25F2N3O6S. The molecule has 0 atom stereocenters. The fraction of sp³-hybridized carbons (Fsp3) is 0.320. The molecule has 0 spiro atoms. The van der Waals surface area contributed by atoms with Crippen LogP contribution in [-0.4, -0.2) is 68.0 Å². The monoisotopic (exact) mass is 533 g/mol. The maximum Gasteiger partial charge on any atom is 0.387 e. The largest absolute Gasteiger partial charge is 0.490 e.